The molecule has 142 valence electrons. The fraction of sp³-hybridized carbons (Fsp3) is 0.450. The Kier molecular flexibility index (Phi) is 4.91. The Morgan fingerprint density at radius 2 is 2.00 bits per heavy atom. The zero-order valence-corrected chi connectivity index (χ0v) is 15.7. The van der Waals surface area contributed by atoms with E-state index in [1.165, 1.54) is 6.20 Å². The molecule has 1 aliphatic heterocycles. The van der Waals surface area contributed by atoms with Gasteiger partial charge in [-0.1, -0.05) is 42.6 Å². The van der Waals surface area contributed by atoms with Gasteiger partial charge in [-0.15, -0.1) is 0 Å². The molecule has 2 aliphatic rings. The molecule has 1 aliphatic carbocycles. The first-order chi connectivity index (χ1) is 13.0. The monoisotopic (exact) mass is 387 g/mol. The molecule has 27 heavy (non-hydrogen) atoms. The number of nitrogens with zero attached hydrogens (tertiary/aromatic N) is 3. The van der Waals surface area contributed by atoms with Crippen LogP contribution in [0.3, 0.4) is 0 Å². The van der Waals surface area contributed by atoms with Crippen molar-refractivity contribution in [1.82, 2.24) is 14.7 Å². The van der Waals surface area contributed by atoms with Gasteiger partial charge in [0.1, 0.15) is 6.04 Å². The van der Waals surface area contributed by atoms with Crippen molar-refractivity contribution >= 4 is 23.5 Å². The molecular formula is C20H22ClN3O3. The Hall–Kier alpha value is -2.34. The highest BCUT2D eigenvalue weighted by molar-refractivity contribution is 6.31. The summed E-state index contributed by atoms with van der Waals surface area (Å²) in [6.07, 6.45) is 7.81. The van der Waals surface area contributed by atoms with E-state index in [0.29, 0.717) is 29.5 Å². The van der Waals surface area contributed by atoms with Crippen LogP contribution in [-0.2, 0) is 11.3 Å². The first kappa shape index (κ1) is 18.0. The van der Waals surface area contributed by atoms with Crippen molar-refractivity contribution in [2.24, 2.45) is 5.92 Å². The summed E-state index contributed by atoms with van der Waals surface area (Å²) < 4.78 is 1.67. The Bertz CT molecular complexity index is 866. The van der Waals surface area contributed by atoms with E-state index in [9.17, 15) is 14.7 Å². The highest BCUT2D eigenvalue weighted by Crippen LogP contribution is 2.40. The third-order valence-electron chi connectivity index (χ3n) is 5.78. The van der Waals surface area contributed by atoms with E-state index >= 15 is 0 Å². The van der Waals surface area contributed by atoms with Crippen molar-refractivity contribution in [3.63, 3.8) is 0 Å². The van der Waals surface area contributed by atoms with Crippen LogP contribution in [0.4, 0.5) is 0 Å². The van der Waals surface area contributed by atoms with Gasteiger partial charge in [0.2, 0.25) is 0 Å². The number of halogens is 1. The number of carboxylic acids is 1. The fourth-order valence-electron chi connectivity index (χ4n) is 4.48. The number of carboxylic acid groups (broad SMARTS) is 1. The molecule has 0 bridgehead atoms. The second-order valence-electron chi connectivity index (χ2n) is 7.43. The average molecular weight is 388 g/mol. The lowest BCUT2D eigenvalue weighted by Gasteiger charge is -2.32. The van der Waals surface area contributed by atoms with E-state index in [0.717, 1.165) is 31.2 Å². The number of aromatic nitrogens is 2. The third-order valence-corrected chi connectivity index (χ3v) is 6.15. The lowest BCUT2D eigenvalue weighted by atomic mass is 9.84. The van der Waals surface area contributed by atoms with Crippen LogP contribution in [0.15, 0.2) is 36.7 Å². The molecular weight excluding hydrogens is 366 g/mol. The number of fused-ring (bicyclic) bond motifs is 1. The number of likely N-dealkylation sites (tertiary alicyclic amines) is 1. The standard InChI is InChI=1S/C20H22ClN3O3/c21-16-7-3-1-6-14(16)11-23-12-15(10-22-23)19(25)24-17-8-4-2-5-13(17)9-18(24)20(26)27/h1,3,6-7,10,12-13,17-18H,2,4-5,8-9,11H2,(H,26,27)/t13-,17-,18-/m0/s1. The lowest BCUT2D eigenvalue weighted by Crippen LogP contribution is -2.46. The van der Waals surface area contributed by atoms with Gasteiger partial charge in [-0.2, -0.15) is 5.10 Å². The molecule has 2 fully saturated rings. The summed E-state index contributed by atoms with van der Waals surface area (Å²) in [5.41, 5.74) is 1.35. The highest BCUT2D eigenvalue weighted by atomic mass is 35.5. The molecule has 1 amide bonds. The molecule has 1 N–H and O–H groups in total. The van der Waals surface area contributed by atoms with Crippen molar-refractivity contribution in [3.8, 4) is 0 Å². The zero-order chi connectivity index (χ0) is 19.0. The third kappa shape index (κ3) is 3.46. The number of carbonyl (C=O) groups is 2. The first-order valence-electron chi connectivity index (χ1n) is 9.36. The van der Waals surface area contributed by atoms with Crippen LogP contribution in [0.5, 0.6) is 0 Å². The van der Waals surface area contributed by atoms with Crippen LogP contribution in [0, 0.1) is 5.92 Å². The van der Waals surface area contributed by atoms with E-state index in [1.807, 2.05) is 24.3 Å². The van der Waals surface area contributed by atoms with Crippen LogP contribution in [0.1, 0.15) is 48.0 Å². The maximum atomic E-state index is 13.1. The van der Waals surface area contributed by atoms with Gasteiger partial charge in [-0.3, -0.25) is 9.48 Å². The van der Waals surface area contributed by atoms with Crippen LogP contribution < -0.4 is 0 Å². The quantitative estimate of drug-likeness (QED) is 0.871. The second kappa shape index (κ2) is 7.35. The molecule has 3 atom stereocenters. The molecule has 2 heterocycles. The SMILES string of the molecule is O=C(O)[C@@H]1C[C@@H]2CCCC[C@@H]2N1C(=O)c1cnn(Cc2ccccc2Cl)c1. The predicted octanol–water partition coefficient (Wildman–Crippen LogP) is 3.44. The summed E-state index contributed by atoms with van der Waals surface area (Å²) in [6.45, 7) is 0.460. The number of rotatable bonds is 4. The van der Waals surface area contributed by atoms with E-state index < -0.39 is 12.0 Å². The Balaban J connectivity index is 1.56. The molecule has 2 aromatic rings. The Morgan fingerprint density at radius 3 is 2.78 bits per heavy atom. The fourth-order valence-corrected chi connectivity index (χ4v) is 4.68. The second-order valence-corrected chi connectivity index (χ2v) is 7.84. The van der Waals surface area contributed by atoms with Crippen molar-refractivity contribution in [2.75, 3.05) is 0 Å². The number of hydrogen-bond acceptors (Lipinski definition) is 3. The molecule has 1 saturated heterocycles. The van der Waals surface area contributed by atoms with Crippen molar-refractivity contribution in [2.45, 2.75) is 50.7 Å². The van der Waals surface area contributed by atoms with E-state index in [-0.39, 0.29) is 11.9 Å². The topological polar surface area (TPSA) is 75.4 Å². The Morgan fingerprint density at radius 1 is 1.22 bits per heavy atom. The highest BCUT2D eigenvalue weighted by Gasteiger charge is 2.47. The summed E-state index contributed by atoms with van der Waals surface area (Å²) in [6, 6.07) is 6.79. The normalized spacial score (nSPS) is 24.6. The molecule has 4 rings (SSSR count). The largest absolute Gasteiger partial charge is 0.480 e. The van der Waals surface area contributed by atoms with Gasteiger partial charge in [0.25, 0.3) is 5.91 Å². The van der Waals surface area contributed by atoms with Gasteiger partial charge < -0.3 is 10.0 Å². The number of aliphatic carboxylic acids is 1. The summed E-state index contributed by atoms with van der Waals surface area (Å²) in [4.78, 5) is 26.5. The van der Waals surface area contributed by atoms with Crippen LogP contribution in [0.25, 0.3) is 0 Å². The van der Waals surface area contributed by atoms with Gasteiger partial charge in [0.15, 0.2) is 0 Å². The van der Waals surface area contributed by atoms with E-state index in [4.69, 9.17) is 11.6 Å². The van der Waals surface area contributed by atoms with E-state index in [1.54, 1.807) is 15.8 Å². The van der Waals surface area contributed by atoms with Crippen molar-refractivity contribution in [3.05, 3.63) is 52.8 Å². The zero-order valence-electron chi connectivity index (χ0n) is 14.9. The number of amides is 1. The molecule has 0 unspecified atom stereocenters. The van der Waals surface area contributed by atoms with Crippen molar-refractivity contribution < 1.29 is 14.7 Å². The van der Waals surface area contributed by atoms with Gasteiger partial charge in [0.05, 0.1) is 18.3 Å². The molecule has 6 nitrogen and oxygen atoms in total. The number of carbonyl (C=O) groups excluding carboxylic acids is 1. The van der Waals surface area contributed by atoms with Gasteiger partial charge in [-0.25, -0.2) is 4.79 Å². The predicted molar refractivity (Wildman–Crippen MR) is 101 cm³/mol. The molecule has 7 heteroatoms. The summed E-state index contributed by atoms with van der Waals surface area (Å²) in [5, 5.41) is 14.6. The number of benzene rings is 1. The van der Waals surface area contributed by atoms with Gasteiger partial charge in [0, 0.05) is 17.3 Å². The molecule has 1 aromatic heterocycles. The van der Waals surface area contributed by atoms with Crippen LogP contribution >= 0.6 is 11.6 Å². The van der Waals surface area contributed by atoms with Gasteiger partial charge >= 0.3 is 5.97 Å². The van der Waals surface area contributed by atoms with E-state index in [2.05, 4.69) is 5.10 Å². The van der Waals surface area contributed by atoms with Crippen molar-refractivity contribution in [1.29, 1.82) is 0 Å². The first-order valence-corrected chi connectivity index (χ1v) is 9.73. The molecule has 0 radical (unpaired) electrons. The Labute approximate surface area is 162 Å². The van der Waals surface area contributed by atoms with Crippen LogP contribution in [-0.4, -0.2) is 43.7 Å². The minimum atomic E-state index is -0.916. The maximum Gasteiger partial charge on any atom is 0.326 e. The summed E-state index contributed by atoms with van der Waals surface area (Å²) in [7, 11) is 0. The summed E-state index contributed by atoms with van der Waals surface area (Å²) >= 11 is 6.20. The minimum Gasteiger partial charge on any atom is -0.480 e. The minimum absolute atomic E-state index is 0.0271. The van der Waals surface area contributed by atoms with Crippen LogP contribution in [0.2, 0.25) is 5.02 Å². The number of hydrogen-bond donors (Lipinski definition) is 1. The summed E-state index contributed by atoms with van der Waals surface area (Å²) in [5.74, 6) is -0.856. The molecule has 0 spiro atoms. The molecule has 1 aromatic carbocycles. The maximum absolute atomic E-state index is 13.1. The smallest absolute Gasteiger partial charge is 0.326 e. The lowest BCUT2D eigenvalue weighted by molar-refractivity contribution is -0.141. The average Bonchev–Trinajstić information content (AvgIpc) is 3.28. The van der Waals surface area contributed by atoms with Gasteiger partial charge in [-0.05, 0) is 36.8 Å². The molecule has 1 saturated carbocycles.